The van der Waals surface area contributed by atoms with Crippen LogP contribution in [-0.4, -0.2) is 23.0 Å². The normalized spacial score (nSPS) is 20.4. The van der Waals surface area contributed by atoms with Crippen molar-refractivity contribution in [1.82, 2.24) is 10.3 Å². The molecule has 4 nitrogen and oxygen atoms in total. The van der Waals surface area contributed by atoms with Crippen molar-refractivity contribution in [2.45, 2.75) is 37.8 Å². The zero-order valence-corrected chi connectivity index (χ0v) is 14.7. The third-order valence-corrected chi connectivity index (χ3v) is 4.46. The smallest absolute Gasteiger partial charge is 0.244 e. The van der Waals surface area contributed by atoms with Gasteiger partial charge in [-0.2, -0.15) is 0 Å². The zero-order valence-electron chi connectivity index (χ0n) is 13.9. The summed E-state index contributed by atoms with van der Waals surface area (Å²) in [6.45, 7) is 0. The Morgan fingerprint density at radius 1 is 1.12 bits per heavy atom. The molecule has 0 bridgehead atoms. The first kappa shape index (κ1) is 17.5. The fraction of sp³-hybridized carbons (Fsp3) is 0.300. The van der Waals surface area contributed by atoms with Crippen LogP contribution in [0.3, 0.4) is 0 Å². The lowest BCUT2D eigenvalue weighted by Gasteiger charge is -2.28. The minimum atomic E-state index is -0.0485. The second-order valence-electron chi connectivity index (χ2n) is 6.16. The lowest BCUT2D eigenvalue weighted by atomic mass is 9.93. The van der Waals surface area contributed by atoms with Crippen LogP contribution in [0.2, 0.25) is 5.02 Å². The first-order valence-electron chi connectivity index (χ1n) is 8.51. The van der Waals surface area contributed by atoms with E-state index >= 15 is 0 Å². The maximum absolute atomic E-state index is 12.0. The molecule has 1 aromatic carbocycles. The van der Waals surface area contributed by atoms with Crippen LogP contribution in [0.5, 0.6) is 5.88 Å². The molecular formula is C20H21ClN2O2. The Morgan fingerprint density at radius 2 is 1.88 bits per heavy atom. The zero-order chi connectivity index (χ0) is 17.5. The standard InChI is InChI=1S/C20H21ClN2O2/c21-16-7-13-20(22-14-16)25-18-10-8-17(9-11-18)23-19(24)12-6-15-4-2-1-3-5-15/h1-7,12-14,17-18H,8-11H2,(H,23,24)/b12-6+. The van der Waals surface area contributed by atoms with Crippen LogP contribution in [0.15, 0.2) is 54.7 Å². The fourth-order valence-corrected chi connectivity index (χ4v) is 3.02. The van der Waals surface area contributed by atoms with Gasteiger partial charge < -0.3 is 10.1 Å². The second kappa shape index (κ2) is 8.67. The van der Waals surface area contributed by atoms with Crippen molar-refractivity contribution in [3.63, 3.8) is 0 Å². The number of rotatable bonds is 5. The minimum Gasteiger partial charge on any atom is -0.474 e. The summed E-state index contributed by atoms with van der Waals surface area (Å²) in [4.78, 5) is 16.2. The molecule has 0 unspecified atom stereocenters. The van der Waals surface area contributed by atoms with Crippen LogP contribution >= 0.6 is 11.6 Å². The van der Waals surface area contributed by atoms with E-state index in [1.165, 1.54) is 0 Å². The summed E-state index contributed by atoms with van der Waals surface area (Å²) in [5.74, 6) is 0.551. The highest BCUT2D eigenvalue weighted by atomic mass is 35.5. The lowest BCUT2D eigenvalue weighted by molar-refractivity contribution is -0.117. The molecule has 0 radical (unpaired) electrons. The predicted molar refractivity (Wildman–Crippen MR) is 99.5 cm³/mol. The summed E-state index contributed by atoms with van der Waals surface area (Å²) in [6, 6.07) is 13.6. The molecule has 1 N–H and O–H groups in total. The van der Waals surface area contributed by atoms with Gasteiger partial charge in [0.25, 0.3) is 0 Å². The number of benzene rings is 1. The summed E-state index contributed by atoms with van der Waals surface area (Å²) < 4.78 is 5.87. The molecule has 0 aliphatic heterocycles. The van der Waals surface area contributed by atoms with Gasteiger partial charge in [-0.3, -0.25) is 4.79 Å². The average Bonchev–Trinajstić information content (AvgIpc) is 2.64. The van der Waals surface area contributed by atoms with Gasteiger partial charge in [-0.1, -0.05) is 41.9 Å². The number of aromatic nitrogens is 1. The number of ether oxygens (including phenoxy) is 1. The Hall–Kier alpha value is -2.33. The molecule has 1 aliphatic rings. The molecule has 2 aromatic rings. The van der Waals surface area contributed by atoms with Crippen LogP contribution in [0.25, 0.3) is 6.08 Å². The fourth-order valence-electron chi connectivity index (χ4n) is 2.91. The molecule has 25 heavy (non-hydrogen) atoms. The third-order valence-electron chi connectivity index (χ3n) is 4.23. The van der Waals surface area contributed by atoms with Gasteiger partial charge in [0, 0.05) is 24.4 Å². The molecule has 1 heterocycles. The minimum absolute atomic E-state index is 0.0485. The lowest BCUT2D eigenvalue weighted by Crippen LogP contribution is -2.39. The van der Waals surface area contributed by atoms with E-state index in [-0.39, 0.29) is 18.1 Å². The van der Waals surface area contributed by atoms with Crippen molar-refractivity contribution in [1.29, 1.82) is 0 Å². The number of carbonyl (C=O) groups excluding carboxylic acids is 1. The molecule has 5 heteroatoms. The number of amides is 1. The van der Waals surface area contributed by atoms with E-state index in [0.29, 0.717) is 10.9 Å². The van der Waals surface area contributed by atoms with Gasteiger partial charge in [0.15, 0.2) is 0 Å². The van der Waals surface area contributed by atoms with Gasteiger partial charge in [0.2, 0.25) is 11.8 Å². The Balaban J connectivity index is 1.42. The van der Waals surface area contributed by atoms with Crippen LogP contribution in [-0.2, 0) is 4.79 Å². The van der Waals surface area contributed by atoms with Crippen molar-refractivity contribution < 1.29 is 9.53 Å². The molecule has 0 saturated heterocycles. The van der Waals surface area contributed by atoms with Gasteiger partial charge in [-0.25, -0.2) is 4.98 Å². The van der Waals surface area contributed by atoms with Gasteiger partial charge in [0.05, 0.1) is 5.02 Å². The van der Waals surface area contributed by atoms with E-state index in [0.717, 1.165) is 31.2 Å². The van der Waals surface area contributed by atoms with Gasteiger partial charge >= 0.3 is 0 Å². The Bertz CT molecular complexity index is 708. The molecule has 130 valence electrons. The van der Waals surface area contributed by atoms with Gasteiger partial charge in [-0.15, -0.1) is 0 Å². The molecule has 1 saturated carbocycles. The van der Waals surface area contributed by atoms with Crippen LogP contribution in [0.4, 0.5) is 0 Å². The number of pyridine rings is 1. The van der Waals surface area contributed by atoms with Crippen molar-refractivity contribution in [3.8, 4) is 5.88 Å². The SMILES string of the molecule is O=C(/C=C/c1ccccc1)NC1CCC(Oc2ccc(Cl)cn2)CC1. The molecule has 1 aromatic heterocycles. The molecule has 0 atom stereocenters. The summed E-state index contributed by atoms with van der Waals surface area (Å²) in [5, 5.41) is 3.67. The average molecular weight is 357 g/mol. The van der Waals surface area contributed by atoms with E-state index in [1.54, 1.807) is 24.4 Å². The number of nitrogens with one attached hydrogen (secondary N) is 1. The van der Waals surface area contributed by atoms with Crippen molar-refractivity contribution in [3.05, 3.63) is 65.3 Å². The molecule has 1 amide bonds. The highest BCUT2D eigenvalue weighted by molar-refractivity contribution is 6.30. The van der Waals surface area contributed by atoms with Gasteiger partial charge in [0.1, 0.15) is 6.10 Å². The molecule has 1 aliphatic carbocycles. The summed E-state index contributed by atoms with van der Waals surface area (Å²) in [7, 11) is 0. The first-order chi connectivity index (χ1) is 12.2. The number of nitrogens with zero attached hydrogens (tertiary/aromatic N) is 1. The third kappa shape index (κ3) is 5.61. The van der Waals surface area contributed by atoms with Crippen molar-refractivity contribution in [2.75, 3.05) is 0 Å². The molecule has 1 fully saturated rings. The van der Waals surface area contributed by atoms with Crippen LogP contribution < -0.4 is 10.1 Å². The van der Waals surface area contributed by atoms with Crippen molar-refractivity contribution >= 4 is 23.6 Å². The van der Waals surface area contributed by atoms with Gasteiger partial charge in [-0.05, 0) is 43.4 Å². The Labute approximate surface area is 152 Å². The monoisotopic (exact) mass is 356 g/mol. The van der Waals surface area contributed by atoms with E-state index in [4.69, 9.17) is 16.3 Å². The molecule has 3 rings (SSSR count). The number of carbonyl (C=O) groups is 1. The van der Waals surface area contributed by atoms with Crippen LogP contribution in [0.1, 0.15) is 31.2 Å². The first-order valence-corrected chi connectivity index (χ1v) is 8.89. The van der Waals surface area contributed by atoms with E-state index in [1.807, 2.05) is 36.4 Å². The number of halogens is 1. The number of hydrogen-bond acceptors (Lipinski definition) is 3. The summed E-state index contributed by atoms with van der Waals surface area (Å²) >= 11 is 5.82. The quantitative estimate of drug-likeness (QED) is 0.814. The Kier molecular flexibility index (Phi) is 6.07. The van der Waals surface area contributed by atoms with Crippen LogP contribution in [0, 0.1) is 0 Å². The predicted octanol–water partition coefficient (Wildman–Crippen LogP) is 4.25. The summed E-state index contributed by atoms with van der Waals surface area (Å²) in [5.41, 5.74) is 1.02. The van der Waals surface area contributed by atoms with Crippen molar-refractivity contribution in [2.24, 2.45) is 0 Å². The molecule has 0 spiro atoms. The second-order valence-corrected chi connectivity index (χ2v) is 6.60. The van der Waals surface area contributed by atoms with E-state index < -0.39 is 0 Å². The topological polar surface area (TPSA) is 51.2 Å². The van der Waals surface area contributed by atoms with E-state index in [9.17, 15) is 4.79 Å². The maximum atomic E-state index is 12.0. The van der Waals surface area contributed by atoms with E-state index in [2.05, 4.69) is 10.3 Å². The highest BCUT2D eigenvalue weighted by Crippen LogP contribution is 2.23. The summed E-state index contributed by atoms with van der Waals surface area (Å²) in [6.07, 6.45) is 8.76. The molecular weight excluding hydrogens is 336 g/mol. The maximum Gasteiger partial charge on any atom is 0.244 e. The number of hydrogen-bond donors (Lipinski definition) is 1. The Morgan fingerprint density at radius 3 is 2.56 bits per heavy atom. The highest BCUT2D eigenvalue weighted by Gasteiger charge is 2.23. The largest absolute Gasteiger partial charge is 0.474 e.